The fourth-order valence-electron chi connectivity index (χ4n) is 3.31. The first-order chi connectivity index (χ1) is 18.6. The van der Waals surface area contributed by atoms with Crippen molar-refractivity contribution < 1.29 is 9.53 Å². The first kappa shape index (κ1) is 31.8. The summed E-state index contributed by atoms with van der Waals surface area (Å²) in [5.74, 6) is 8.65. The van der Waals surface area contributed by atoms with Gasteiger partial charge >= 0.3 is 5.97 Å². The number of ether oxygens (including phenoxy) is 1. The third kappa shape index (κ3) is 11.4. The highest BCUT2D eigenvalue weighted by atomic mass is 16.5. The third-order valence-electron chi connectivity index (χ3n) is 6.56. The van der Waals surface area contributed by atoms with E-state index in [1.54, 1.807) is 4.80 Å². The van der Waals surface area contributed by atoms with Gasteiger partial charge in [0.05, 0.1) is 12.0 Å². The maximum Gasteiger partial charge on any atom is 0.308 e. The van der Waals surface area contributed by atoms with E-state index in [2.05, 4.69) is 54.9 Å². The first-order valence-corrected chi connectivity index (χ1v) is 14.2. The molecule has 3 aromatic rings. The molecule has 0 bridgehead atoms. The van der Waals surface area contributed by atoms with Gasteiger partial charge in [-0.05, 0) is 80.8 Å². The Hall–Kier alpha value is -3.46. The zero-order chi connectivity index (χ0) is 28.8. The van der Waals surface area contributed by atoms with Crippen molar-refractivity contribution in [2.24, 2.45) is 17.8 Å². The highest BCUT2D eigenvalue weighted by Gasteiger charge is 2.20. The van der Waals surface area contributed by atoms with Crippen molar-refractivity contribution in [1.29, 1.82) is 0 Å². The van der Waals surface area contributed by atoms with Crippen LogP contribution in [0.5, 0.6) is 0 Å². The van der Waals surface area contributed by atoms with Crippen LogP contribution in [0.25, 0.3) is 11.4 Å². The molecule has 1 aliphatic carbocycles. The Morgan fingerprint density at radius 2 is 1.44 bits per heavy atom. The first-order valence-electron chi connectivity index (χ1n) is 14.2. The van der Waals surface area contributed by atoms with Gasteiger partial charge in [0, 0.05) is 16.7 Å². The molecule has 0 spiro atoms. The summed E-state index contributed by atoms with van der Waals surface area (Å²) in [6, 6.07) is 18.0. The Balaban J connectivity index is 0.000000261. The standard InChI is InChI=1S/C18H16N4.C9H16O2.C6H14/c1-14(2)22-20-18(19-21-22)17-11-7-6-10-16(17)13-12-15-8-4-3-5-9-15;1-7(2)9(10)11-8-5-3-4-6-8;1-5(2)6(3)4/h3-11,14H,1-2H3;7-8H,3-6H2,1-2H3;5-6H,1-4H3. The number of rotatable bonds is 5. The lowest BCUT2D eigenvalue weighted by molar-refractivity contribution is -0.152. The number of hydrogen-bond acceptors (Lipinski definition) is 5. The van der Waals surface area contributed by atoms with Gasteiger partial charge in [0.25, 0.3) is 0 Å². The average molecular weight is 531 g/mol. The molecule has 1 aromatic heterocycles. The minimum absolute atomic E-state index is 0.0237. The lowest BCUT2D eigenvalue weighted by Gasteiger charge is -2.12. The van der Waals surface area contributed by atoms with Gasteiger partial charge in [-0.25, -0.2) is 0 Å². The van der Waals surface area contributed by atoms with Crippen molar-refractivity contribution in [2.75, 3.05) is 0 Å². The molecule has 0 unspecified atom stereocenters. The van der Waals surface area contributed by atoms with Gasteiger partial charge in [0.15, 0.2) is 0 Å². The molecular formula is C33H46N4O2. The smallest absolute Gasteiger partial charge is 0.308 e. The predicted octanol–water partition coefficient (Wildman–Crippen LogP) is 7.75. The van der Waals surface area contributed by atoms with Crippen LogP contribution in [0.3, 0.4) is 0 Å². The zero-order valence-electron chi connectivity index (χ0n) is 25.0. The summed E-state index contributed by atoms with van der Waals surface area (Å²) >= 11 is 0. The van der Waals surface area contributed by atoms with Crippen LogP contribution in [0, 0.1) is 29.6 Å². The number of carbonyl (C=O) groups excluding carboxylic acids is 1. The number of aromatic nitrogens is 4. The molecule has 0 aliphatic heterocycles. The van der Waals surface area contributed by atoms with E-state index in [0.717, 1.165) is 41.4 Å². The molecule has 1 fully saturated rings. The fraction of sp³-hybridized carbons (Fsp3) is 0.515. The monoisotopic (exact) mass is 530 g/mol. The number of nitrogens with zero attached hydrogens (tertiary/aromatic N) is 4. The summed E-state index contributed by atoms with van der Waals surface area (Å²) in [5.41, 5.74) is 2.78. The fourth-order valence-corrected chi connectivity index (χ4v) is 3.31. The number of hydrogen-bond donors (Lipinski definition) is 0. The van der Waals surface area contributed by atoms with Crippen molar-refractivity contribution in [2.45, 2.75) is 93.2 Å². The molecule has 1 saturated carbocycles. The molecule has 4 rings (SSSR count). The lowest BCUT2D eigenvalue weighted by atomic mass is 10.0. The minimum atomic E-state index is -0.0445. The largest absolute Gasteiger partial charge is 0.462 e. The van der Waals surface area contributed by atoms with Gasteiger partial charge in [0.2, 0.25) is 5.82 Å². The predicted molar refractivity (Wildman–Crippen MR) is 159 cm³/mol. The van der Waals surface area contributed by atoms with Crippen molar-refractivity contribution >= 4 is 5.97 Å². The molecule has 1 aliphatic rings. The normalized spacial score (nSPS) is 12.9. The van der Waals surface area contributed by atoms with Gasteiger partial charge in [-0.15, -0.1) is 10.2 Å². The van der Waals surface area contributed by atoms with Crippen LogP contribution in [-0.2, 0) is 9.53 Å². The quantitative estimate of drug-likeness (QED) is 0.249. The Labute approximate surface area is 235 Å². The molecule has 0 atom stereocenters. The van der Waals surface area contributed by atoms with E-state index < -0.39 is 0 Å². The molecular weight excluding hydrogens is 484 g/mol. The van der Waals surface area contributed by atoms with Gasteiger partial charge < -0.3 is 4.74 Å². The van der Waals surface area contributed by atoms with E-state index in [1.807, 2.05) is 82.3 Å². The molecule has 0 N–H and O–H groups in total. The van der Waals surface area contributed by atoms with Gasteiger partial charge in [-0.1, -0.05) is 83.7 Å². The Morgan fingerprint density at radius 3 is 1.97 bits per heavy atom. The third-order valence-corrected chi connectivity index (χ3v) is 6.56. The van der Waals surface area contributed by atoms with E-state index in [9.17, 15) is 4.79 Å². The Bertz CT molecular complexity index is 1170. The van der Waals surface area contributed by atoms with Crippen LogP contribution in [0.1, 0.15) is 98.2 Å². The molecule has 39 heavy (non-hydrogen) atoms. The van der Waals surface area contributed by atoms with Crippen LogP contribution in [0.4, 0.5) is 0 Å². The molecule has 2 aromatic carbocycles. The second-order valence-corrected chi connectivity index (χ2v) is 11.2. The van der Waals surface area contributed by atoms with Crippen molar-refractivity contribution in [3.63, 3.8) is 0 Å². The van der Waals surface area contributed by atoms with E-state index in [1.165, 1.54) is 12.8 Å². The van der Waals surface area contributed by atoms with Crippen LogP contribution in [-0.4, -0.2) is 32.3 Å². The SMILES string of the molecule is CC(C)C(=O)OC1CCCC1.CC(C)C(C)C.CC(C)n1nnc(-c2ccccc2C#Cc2ccccc2)n1. The summed E-state index contributed by atoms with van der Waals surface area (Å²) in [5, 5.41) is 12.6. The summed E-state index contributed by atoms with van der Waals surface area (Å²) < 4.78 is 5.23. The summed E-state index contributed by atoms with van der Waals surface area (Å²) in [7, 11) is 0. The maximum absolute atomic E-state index is 11.1. The molecule has 0 saturated heterocycles. The van der Waals surface area contributed by atoms with E-state index in [0.29, 0.717) is 5.82 Å². The second-order valence-electron chi connectivity index (χ2n) is 11.2. The van der Waals surface area contributed by atoms with Gasteiger partial charge in [-0.2, -0.15) is 4.80 Å². The van der Waals surface area contributed by atoms with Crippen LogP contribution in [0.2, 0.25) is 0 Å². The Kier molecular flexibility index (Phi) is 13.4. The van der Waals surface area contributed by atoms with Gasteiger partial charge in [0.1, 0.15) is 6.10 Å². The van der Waals surface area contributed by atoms with Crippen LogP contribution >= 0.6 is 0 Å². The number of esters is 1. The van der Waals surface area contributed by atoms with E-state index in [-0.39, 0.29) is 24.0 Å². The molecule has 210 valence electrons. The zero-order valence-corrected chi connectivity index (χ0v) is 25.0. The molecule has 1 heterocycles. The van der Waals surface area contributed by atoms with E-state index in [4.69, 9.17) is 4.74 Å². The van der Waals surface area contributed by atoms with Crippen LogP contribution in [0.15, 0.2) is 54.6 Å². The van der Waals surface area contributed by atoms with Crippen LogP contribution < -0.4 is 0 Å². The van der Waals surface area contributed by atoms with Gasteiger partial charge in [-0.3, -0.25) is 4.79 Å². The number of benzene rings is 2. The van der Waals surface area contributed by atoms with E-state index >= 15 is 0 Å². The average Bonchev–Trinajstić information content (AvgIpc) is 3.62. The summed E-state index contributed by atoms with van der Waals surface area (Å²) in [6.07, 6.45) is 4.80. The summed E-state index contributed by atoms with van der Waals surface area (Å²) in [6.45, 7) is 16.7. The second kappa shape index (κ2) is 16.5. The van der Waals surface area contributed by atoms with Crippen molar-refractivity contribution in [1.82, 2.24) is 20.2 Å². The molecule has 0 amide bonds. The Morgan fingerprint density at radius 1 is 0.846 bits per heavy atom. The summed E-state index contributed by atoms with van der Waals surface area (Å²) in [4.78, 5) is 12.7. The van der Waals surface area contributed by atoms with Crippen molar-refractivity contribution in [3.05, 3.63) is 65.7 Å². The molecule has 6 nitrogen and oxygen atoms in total. The highest BCUT2D eigenvalue weighted by molar-refractivity contribution is 5.71. The minimum Gasteiger partial charge on any atom is -0.462 e. The lowest BCUT2D eigenvalue weighted by Crippen LogP contribution is -2.18. The topological polar surface area (TPSA) is 69.9 Å². The molecule has 0 radical (unpaired) electrons. The number of tetrazole rings is 1. The highest BCUT2D eigenvalue weighted by Crippen LogP contribution is 2.22. The molecule has 6 heteroatoms. The van der Waals surface area contributed by atoms with Crippen molar-refractivity contribution in [3.8, 4) is 23.2 Å². The maximum atomic E-state index is 11.1. The number of carbonyl (C=O) groups is 1.